The Morgan fingerprint density at radius 2 is 0.641 bits per heavy atom. The van der Waals surface area contributed by atoms with E-state index in [9.17, 15) is 0 Å². The van der Waals surface area contributed by atoms with Crippen LogP contribution >= 0.6 is 0 Å². The van der Waals surface area contributed by atoms with E-state index < -0.39 is 0 Å². The van der Waals surface area contributed by atoms with Gasteiger partial charge in [0.25, 0.3) is 0 Å². The highest BCUT2D eigenvalue weighted by molar-refractivity contribution is 5.87. The van der Waals surface area contributed by atoms with Crippen LogP contribution in [0.1, 0.15) is 39.3 Å². The lowest BCUT2D eigenvalue weighted by Crippen LogP contribution is -2.11. The zero-order valence-electron chi connectivity index (χ0n) is 36.4. The van der Waals surface area contributed by atoms with Gasteiger partial charge >= 0.3 is 0 Å². The van der Waals surface area contributed by atoms with Gasteiger partial charge in [0.1, 0.15) is 0 Å². The van der Waals surface area contributed by atoms with Crippen molar-refractivity contribution in [3.05, 3.63) is 264 Å². The zero-order chi connectivity index (χ0) is 43.4. The average molecular weight is 821 g/mol. The molecule has 0 aliphatic carbocycles. The minimum Gasteiger partial charge on any atom is -0.228 e. The number of aryl methyl sites for hydroxylation is 3. The molecule has 2 heteroatoms. The quantitative estimate of drug-likeness (QED) is 0.128. The van der Waals surface area contributed by atoms with Crippen molar-refractivity contribution in [2.75, 3.05) is 0 Å². The summed E-state index contributed by atoms with van der Waals surface area (Å²) >= 11 is 0. The van der Waals surface area contributed by atoms with Gasteiger partial charge in [0, 0.05) is 22.6 Å². The molecule has 10 aromatic rings. The van der Waals surface area contributed by atoms with Gasteiger partial charge in [0.05, 0.1) is 11.4 Å². The lowest BCUT2D eigenvalue weighted by atomic mass is 9.73. The van der Waals surface area contributed by atoms with Crippen LogP contribution in [-0.4, -0.2) is 9.97 Å². The van der Waals surface area contributed by atoms with Crippen molar-refractivity contribution in [3.8, 4) is 78.4 Å². The zero-order valence-corrected chi connectivity index (χ0v) is 36.4. The van der Waals surface area contributed by atoms with E-state index in [2.05, 4.69) is 239 Å². The summed E-state index contributed by atoms with van der Waals surface area (Å²) in [7, 11) is 0. The molecular formula is C62H48N2. The Bertz CT molecular complexity index is 3090. The Morgan fingerprint density at radius 3 is 1.11 bits per heavy atom. The van der Waals surface area contributed by atoms with Gasteiger partial charge in [-0.3, -0.25) is 0 Å². The highest BCUT2D eigenvalue weighted by atomic mass is 14.9. The van der Waals surface area contributed by atoms with Crippen LogP contribution in [0.2, 0.25) is 0 Å². The van der Waals surface area contributed by atoms with E-state index in [1.807, 2.05) is 12.1 Å². The van der Waals surface area contributed by atoms with E-state index in [4.69, 9.17) is 9.97 Å². The molecule has 0 radical (unpaired) electrons. The van der Waals surface area contributed by atoms with E-state index in [0.29, 0.717) is 5.82 Å². The number of rotatable bonds is 10. The van der Waals surface area contributed by atoms with Crippen LogP contribution in [0.25, 0.3) is 78.4 Å². The molecule has 0 aliphatic rings. The Labute approximate surface area is 377 Å². The van der Waals surface area contributed by atoms with Crippen LogP contribution < -0.4 is 0 Å². The van der Waals surface area contributed by atoms with Gasteiger partial charge in [0.15, 0.2) is 5.82 Å². The molecule has 0 N–H and O–H groups in total. The average Bonchev–Trinajstić information content (AvgIpc) is 3.35. The lowest BCUT2D eigenvalue weighted by Gasteiger charge is -2.30. The molecule has 0 aliphatic heterocycles. The van der Waals surface area contributed by atoms with Crippen LogP contribution in [-0.2, 0) is 0 Å². The topological polar surface area (TPSA) is 25.8 Å². The third-order valence-corrected chi connectivity index (χ3v) is 12.6. The molecule has 0 atom stereocenters. The van der Waals surface area contributed by atoms with Gasteiger partial charge in [-0.1, -0.05) is 224 Å². The number of benzene rings is 9. The molecule has 10 rings (SSSR count). The van der Waals surface area contributed by atoms with Gasteiger partial charge in [-0.2, -0.15) is 0 Å². The summed E-state index contributed by atoms with van der Waals surface area (Å²) in [4.78, 5) is 10.3. The first-order valence-electron chi connectivity index (χ1n) is 22.1. The summed E-state index contributed by atoms with van der Waals surface area (Å²) in [6.07, 6.45) is 0. The molecule has 1 aromatic heterocycles. The maximum atomic E-state index is 5.17. The van der Waals surface area contributed by atoms with Gasteiger partial charge in [0.2, 0.25) is 0 Å². The standard InChI is InChI=1S/C62H48N2/c1-42-21-10-13-28-49(42)53-31-16-18-33-56(53)61(57-34-19-17-32-54(57)50-29-14-11-22-43(50)2)60-52(35-20-36-55(60)51-30-15-12-23-44(51)3)45-37-39-48(40-38-45)62-63-58(46-24-6-4-7-25-46)41-59(64-62)47-26-8-5-9-27-47/h4-41,61H,1-3H3. The fourth-order valence-electron chi connectivity index (χ4n) is 9.34. The fraction of sp³-hybridized carbons (Fsp3) is 0.0645. The van der Waals surface area contributed by atoms with Gasteiger partial charge in [-0.05, 0) is 105 Å². The van der Waals surface area contributed by atoms with Crippen molar-refractivity contribution in [2.45, 2.75) is 26.7 Å². The number of hydrogen-bond acceptors (Lipinski definition) is 2. The maximum absolute atomic E-state index is 5.17. The molecule has 2 nitrogen and oxygen atoms in total. The molecule has 1 heterocycles. The van der Waals surface area contributed by atoms with E-state index in [1.54, 1.807) is 0 Å². The molecule has 9 aromatic carbocycles. The van der Waals surface area contributed by atoms with Crippen molar-refractivity contribution >= 4 is 0 Å². The van der Waals surface area contributed by atoms with Gasteiger partial charge in [-0.25, -0.2) is 9.97 Å². The predicted octanol–water partition coefficient (Wildman–Crippen LogP) is 16.3. The highest BCUT2D eigenvalue weighted by Crippen LogP contribution is 2.49. The molecule has 0 saturated heterocycles. The van der Waals surface area contributed by atoms with Crippen molar-refractivity contribution in [1.82, 2.24) is 9.97 Å². The second kappa shape index (κ2) is 17.8. The van der Waals surface area contributed by atoms with Gasteiger partial charge in [-0.15, -0.1) is 0 Å². The molecule has 0 bridgehead atoms. The van der Waals surface area contributed by atoms with Crippen LogP contribution in [0.3, 0.4) is 0 Å². The van der Waals surface area contributed by atoms with Crippen LogP contribution in [0.4, 0.5) is 0 Å². The smallest absolute Gasteiger partial charge is 0.160 e. The van der Waals surface area contributed by atoms with Crippen molar-refractivity contribution in [1.29, 1.82) is 0 Å². The van der Waals surface area contributed by atoms with Crippen LogP contribution in [0, 0.1) is 20.8 Å². The first-order valence-corrected chi connectivity index (χ1v) is 22.1. The summed E-state index contributed by atoms with van der Waals surface area (Å²) in [5, 5.41) is 0. The second-order valence-corrected chi connectivity index (χ2v) is 16.6. The molecule has 306 valence electrons. The molecular weight excluding hydrogens is 773 g/mol. The summed E-state index contributed by atoms with van der Waals surface area (Å²) in [6.45, 7) is 6.67. The Morgan fingerprint density at radius 1 is 0.281 bits per heavy atom. The predicted molar refractivity (Wildman–Crippen MR) is 268 cm³/mol. The second-order valence-electron chi connectivity index (χ2n) is 16.6. The normalized spacial score (nSPS) is 11.2. The van der Waals surface area contributed by atoms with E-state index >= 15 is 0 Å². The summed E-state index contributed by atoms with van der Waals surface area (Å²) in [6, 6.07) is 83.1. The molecule has 64 heavy (non-hydrogen) atoms. The largest absolute Gasteiger partial charge is 0.228 e. The number of hydrogen-bond donors (Lipinski definition) is 0. The van der Waals surface area contributed by atoms with Crippen LogP contribution in [0.5, 0.6) is 0 Å². The minimum absolute atomic E-state index is 0.156. The number of aromatic nitrogens is 2. The summed E-state index contributed by atoms with van der Waals surface area (Å²) in [5.41, 5.74) is 22.1. The van der Waals surface area contributed by atoms with Crippen molar-refractivity contribution in [3.63, 3.8) is 0 Å². The first-order chi connectivity index (χ1) is 31.5. The fourth-order valence-corrected chi connectivity index (χ4v) is 9.34. The number of nitrogens with zero attached hydrogens (tertiary/aromatic N) is 2. The van der Waals surface area contributed by atoms with Crippen molar-refractivity contribution in [2.24, 2.45) is 0 Å². The molecule has 0 amide bonds. The molecule has 0 fully saturated rings. The SMILES string of the molecule is Cc1ccccc1-c1ccccc1C(c1ccccc1-c1ccccc1C)c1c(-c2ccc(-c3nc(-c4ccccc4)cc(-c4ccccc4)n3)cc2)cccc1-c1ccccc1C. The van der Waals surface area contributed by atoms with Gasteiger partial charge < -0.3 is 0 Å². The minimum atomic E-state index is -0.156. The van der Waals surface area contributed by atoms with E-state index in [0.717, 1.165) is 33.6 Å². The molecule has 0 spiro atoms. The third kappa shape index (κ3) is 7.87. The lowest BCUT2D eigenvalue weighted by molar-refractivity contribution is 0.985. The molecule has 0 saturated carbocycles. The Kier molecular flexibility index (Phi) is 11.2. The van der Waals surface area contributed by atoms with Crippen LogP contribution in [0.15, 0.2) is 231 Å². The summed E-state index contributed by atoms with van der Waals surface area (Å²) < 4.78 is 0. The third-order valence-electron chi connectivity index (χ3n) is 12.6. The van der Waals surface area contributed by atoms with Crippen molar-refractivity contribution < 1.29 is 0 Å². The summed E-state index contributed by atoms with van der Waals surface area (Å²) in [5.74, 6) is 0.536. The monoisotopic (exact) mass is 820 g/mol. The van der Waals surface area contributed by atoms with E-state index in [-0.39, 0.29) is 5.92 Å². The Balaban J connectivity index is 1.22. The first kappa shape index (κ1) is 40.2. The Hall–Kier alpha value is -7.94. The highest BCUT2D eigenvalue weighted by Gasteiger charge is 2.29. The maximum Gasteiger partial charge on any atom is 0.160 e. The molecule has 0 unspecified atom stereocenters. The van der Waals surface area contributed by atoms with E-state index in [1.165, 1.54) is 72.3 Å².